The maximum Gasteiger partial charge on any atom is 0.224 e. The monoisotopic (exact) mass is 376 g/mol. The van der Waals surface area contributed by atoms with Crippen LogP contribution in [0, 0.1) is 5.82 Å². The Bertz CT molecular complexity index is 701. The lowest BCUT2D eigenvalue weighted by atomic mass is 10.2. The highest BCUT2D eigenvalue weighted by Gasteiger charge is 2.13. The molecule has 0 unspecified atom stereocenters. The van der Waals surface area contributed by atoms with E-state index >= 15 is 0 Å². The number of carbonyl (C=O) groups is 1. The summed E-state index contributed by atoms with van der Waals surface area (Å²) in [6.07, 6.45) is 4.43. The molecule has 2 rings (SSSR count). The van der Waals surface area contributed by atoms with E-state index in [1.165, 1.54) is 18.9 Å². The number of carbonyl (C=O) groups excluding carboxylic acids is 1. The van der Waals surface area contributed by atoms with E-state index in [9.17, 15) is 9.18 Å². The molecule has 3 nitrogen and oxygen atoms in total. The Morgan fingerprint density at radius 3 is 2.35 bits per heavy atom. The normalized spacial score (nSPS) is 10.6. The molecule has 0 aliphatic rings. The van der Waals surface area contributed by atoms with E-state index in [4.69, 9.17) is 9.47 Å². The summed E-state index contributed by atoms with van der Waals surface area (Å²) in [6, 6.07) is 11.5. The summed E-state index contributed by atoms with van der Waals surface area (Å²) in [5.41, 5.74) is 0.508. The van der Waals surface area contributed by atoms with Crippen LogP contribution in [0.3, 0.4) is 0 Å². The van der Waals surface area contributed by atoms with Gasteiger partial charge >= 0.3 is 0 Å². The largest absolute Gasteiger partial charge is 0.494 e. The van der Waals surface area contributed by atoms with Crippen molar-refractivity contribution in [3.63, 3.8) is 0 Å². The van der Waals surface area contributed by atoms with Gasteiger partial charge in [-0.1, -0.05) is 26.2 Å². The molecule has 0 amide bonds. The summed E-state index contributed by atoms with van der Waals surface area (Å²) in [5, 5.41) is -0.208. The fourth-order valence-corrected chi connectivity index (χ4v) is 3.13. The van der Waals surface area contributed by atoms with E-state index in [-0.39, 0.29) is 5.12 Å². The molecule has 0 aromatic heterocycles. The quantitative estimate of drug-likeness (QED) is 0.370. The van der Waals surface area contributed by atoms with E-state index in [0.717, 1.165) is 24.6 Å². The predicted molar refractivity (Wildman–Crippen MR) is 104 cm³/mol. The molecule has 0 N–H and O–H groups in total. The van der Waals surface area contributed by atoms with Gasteiger partial charge in [-0.05, 0) is 61.5 Å². The van der Waals surface area contributed by atoms with Gasteiger partial charge in [0.05, 0.1) is 18.1 Å². The molecule has 0 bridgehead atoms. The topological polar surface area (TPSA) is 35.5 Å². The molecule has 0 fully saturated rings. The molecule has 5 heteroatoms. The molecular weight excluding hydrogens is 351 g/mol. The summed E-state index contributed by atoms with van der Waals surface area (Å²) >= 11 is 0.876. The van der Waals surface area contributed by atoms with E-state index in [1.807, 2.05) is 6.92 Å². The van der Waals surface area contributed by atoms with E-state index in [0.29, 0.717) is 35.2 Å². The van der Waals surface area contributed by atoms with Gasteiger partial charge in [-0.25, -0.2) is 4.39 Å². The van der Waals surface area contributed by atoms with Crippen molar-refractivity contribution >= 4 is 16.9 Å². The van der Waals surface area contributed by atoms with Crippen molar-refractivity contribution in [2.75, 3.05) is 13.2 Å². The molecule has 0 heterocycles. The summed E-state index contributed by atoms with van der Waals surface area (Å²) in [7, 11) is 0. The van der Waals surface area contributed by atoms with Crippen molar-refractivity contribution in [1.82, 2.24) is 0 Å². The predicted octanol–water partition coefficient (Wildman–Crippen LogP) is 6.12. The Hall–Kier alpha value is -2.01. The van der Waals surface area contributed by atoms with Crippen LogP contribution >= 0.6 is 11.8 Å². The van der Waals surface area contributed by atoms with Gasteiger partial charge in [0.15, 0.2) is 0 Å². The van der Waals surface area contributed by atoms with Gasteiger partial charge in [0, 0.05) is 11.6 Å². The number of unbranched alkanes of at least 4 members (excludes halogenated alkanes) is 3. The molecule has 2 aromatic carbocycles. The second-order valence-electron chi connectivity index (χ2n) is 5.85. The van der Waals surface area contributed by atoms with Crippen LogP contribution in [0.25, 0.3) is 0 Å². The fourth-order valence-electron chi connectivity index (χ4n) is 2.39. The van der Waals surface area contributed by atoms with Gasteiger partial charge in [-0.3, -0.25) is 4.79 Å². The molecule has 0 saturated carbocycles. The first-order chi connectivity index (χ1) is 12.6. The van der Waals surface area contributed by atoms with Crippen LogP contribution in [-0.4, -0.2) is 18.3 Å². The number of thioether (sulfide) groups is 1. The molecule has 2 aromatic rings. The maximum atomic E-state index is 14.2. The zero-order valence-electron chi connectivity index (χ0n) is 15.3. The minimum Gasteiger partial charge on any atom is -0.494 e. The average molecular weight is 376 g/mol. The molecule has 0 saturated heterocycles. The van der Waals surface area contributed by atoms with Crippen LogP contribution in [0.1, 0.15) is 49.9 Å². The number of benzene rings is 2. The van der Waals surface area contributed by atoms with Crippen molar-refractivity contribution < 1.29 is 18.7 Å². The first-order valence-corrected chi connectivity index (χ1v) is 9.83. The van der Waals surface area contributed by atoms with Crippen LogP contribution in [0.15, 0.2) is 47.4 Å². The van der Waals surface area contributed by atoms with Gasteiger partial charge < -0.3 is 9.47 Å². The van der Waals surface area contributed by atoms with Crippen LogP contribution in [-0.2, 0) is 0 Å². The molecular formula is C21H25FO3S. The Kier molecular flexibility index (Phi) is 8.48. The molecule has 0 atom stereocenters. The number of hydrogen-bond donors (Lipinski definition) is 0. The number of ether oxygens (including phenoxy) is 2. The van der Waals surface area contributed by atoms with Crippen LogP contribution in [0.2, 0.25) is 0 Å². The fraction of sp³-hybridized carbons (Fsp3) is 0.381. The van der Waals surface area contributed by atoms with Crippen molar-refractivity contribution in [2.24, 2.45) is 0 Å². The van der Waals surface area contributed by atoms with Gasteiger partial charge in [-0.15, -0.1) is 0 Å². The maximum absolute atomic E-state index is 14.2. The third-order valence-electron chi connectivity index (χ3n) is 3.77. The SMILES string of the molecule is CCCCCCOc1ccc(SC(=O)c2ccc(OCC)cc2)c(F)c1. The van der Waals surface area contributed by atoms with Gasteiger partial charge in [-0.2, -0.15) is 0 Å². The van der Waals surface area contributed by atoms with Crippen LogP contribution in [0.4, 0.5) is 4.39 Å². The zero-order valence-corrected chi connectivity index (χ0v) is 16.1. The number of rotatable bonds is 10. The van der Waals surface area contributed by atoms with E-state index in [2.05, 4.69) is 6.92 Å². The highest BCUT2D eigenvalue weighted by atomic mass is 32.2. The summed E-state index contributed by atoms with van der Waals surface area (Å²) in [5.74, 6) is 0.762. The van der Waals surface area contributed by atoms with Crippen molar-refractivity contribution in [2.45, 2.75) is 44.4 Å². The van der Waals surface area contributed by atoms with Crippen molar-refractivity contribution in [1.29, 1.82) is 0 Å². The van der Waals surface area contributed by atoms with Gasteiger partial charge in [0.2, 0.25) is 5.12 Å². The van der Waals surface area contributed by atoms with E-state index in [1.54, 1.807) is 36.4 Å². The minimum absolute atomic E-state index is 0.208. The third-order valence-corrected chi connectivity index (χ3v) is 4.75. The third kappa shape index (κ3) is 6.37. The Morgan fingerprint density at radius 1 is 0.962 bits per heavy atom. The summed E-state index contributed by atoms with van der Waals surface area (Å²) < 4.78 is 25.2. The lowest BCUT2D eigenvalue weighted by molar-refractivity contribution is 0.108. The van der Waals surface area contributed by atoms with Crippen molar-refractivity contribution in [3.8, 4) is 11.5 Å². The smallest absolute Gasteiger partial charge is 0.224 e. The molecule has 140 valence electrons. The van der Waals surface area contributed by atoms with Crippen molar-refractivity contribution in [3.05, 3.63) is 53.8 Å². The molecule has 0 spiro atoms. The average Bonchev–Trinajstić information content (AvgIpc) is 2.64. The lowest BCUT2D eigenvalue weighted by Gasteiger charge is -2.08. The minimum atomic E-state index is -0.444. The first kappa shape index (κ1) is 20.3. The zero-order chi connectivity index (χ0) is 18.8. The number of halogens is 1. The molecule has 0 aliphatic carbocycles. The van der Waals surface area contributed by atoms with E-state index < -0.39 is 5.82 Å². The molecule has 26 heavy (non-hydrogen) atoms. The lowest BCUT2D eigenvalue weighted by Crippen LogP contribution is -1.99. The first-order valence-electron chi connectivity index (χ1n) is 9.01. The highest BCUT2D eigenvalue weighted by Crippen LogP contribution is 2.29. The molecule has 0 aliphatic heterocycles. The Morgan fingerprint density at radius 2 is 1.69 bits per heavy atom. The number of hydrogen-bond acceptors (Lipinski definition) is 4. The summed E-state index contributed by atoms with van der Waals surface area (Å²) in [4.78, 5) is 12.6. The summed E-state index contributed by atoms with van der Waals surface area (Å²) in [6.45, 7) is 5.20. The van der Waals surface area contributed by atoms with Gasteiger partial charge in [0.25, 0.3) is 0 Å². The Balaban J connectivity index is 1.91. The molecule has 0 radical (unpaired) electrons. The van der Waals surface area contributed by atoms with Gasteiger partial charge in [0.1, 0.15) is 17.3 Å². The highest BCUT2D eigenvalue weighted by molar-refractivity contribution is 8.14. The second kappa shape index (κ2) is 10.9. The second-order valence-corrected chi connectivity index (χ2v) is 6.86. The van der Waals surface area contributed by atoms with Crippen LogP contribution < -0.4 is 9.47 Å². The van der Waals surface area contributed by atoms with Crippen LogP contribution in [0.5, 0.6) is 11.5 Å². The Labute approximate surface area is 158 Å². The standard InChI is InChI=1S/C21H25FO3S/c1-3-5-6-7-14-25-18-12-13-20(19(22)15-18)26-21(23)16-8-10-17(11-9-16)24-4-2/h8-13,15H,3-7,14H2,1-2H3.